The summed E-state index contributed by atoms with van der Waals surface area (Å²) < 4.78 is 0. The van der Waals surface area contributed by atoms with Gasteiger partial charge in [0, 0.05) is 18.7 Å². The lowest BCUT2D eigenvalue weighted by Gasteiger charge is -2.12. The maximum Gasteiger partial charge on any atom is 0.270 e. The van der Waals surface area contributed by atoms with Crippen molar-refractivity contribution in [1.29, 1.82) is 0 Å². The van der Waals surface area contributed by atoms with Crippen LogP contribution in [0.4, 0.5) is 5.69 Å². The molecule has 98 valence electrons. The Morgan fingerprint density at radius 3 is 2.78 bits per heavy atom. The Kier molecular flexibility index (Phi) is 4.52. The Labute approximate surface area is 110 Å². The van der Waals surface area contributed by atoms with Crippen molar-refractivity contribution in [2.75, 3.05) is 0 Å². The fourth-order valence-corrected chi connectivity index (χ4v) is 2.28. The first-order chi connectivity index (χ1) is 8.66. The van der Waals surface area contributed by atoms with Crippen LogP contribution in [0.1, 0.15) is 31.2 Å². The van der Waals surface area contributed by atoms with E-state index in [0.717, 1.165) is 18.4 Å². The van der Waals surface area contributed by atoms with E-state index in [0.29, 0.717) is 11.6 Å². The third kappa shape index (κ3) is 3.41. The molecule has 0 aromatic heterocycles. The van der Waals surface area contributed by atoms with Gasteiger partial charge in [0.05, 0.1) is 16.0 Å². The minimum Gasteiger partial charge on any atom is -0.298 e. The van der Waals surface area contributed by atoms with Crippen molar-refractivity contribution in [1.82, 2.24) is 5.48 Å². The second kappa shape index (κ2) is 6.13. The Morgan fingerprint density at radius 1 is 1.44 bits per heavy atom. The van der Waals surface area contributed by atoms with Crippen molar-refractivity contribution >= 4 is 17.3 Å². The first-order valence-electron chi connectivity index (χ1n) is 5.98. The summed E-state index contributed by atoms with van der Waals surface area (Å²) in [6.45, 7) is 0.452. The average Bonchev–Trinajstić information content (AvgIpc) is 2.84. The summed E-state index contributed by atoms with van der Waals surface area (Å²) in [5.74, 6) is 0. The van der Waals surface area contributed by atoms with Crippen LogP contribution in [0.2, 0.25) is 5.02 Å². The molecule has 1 fully saturated rings. The third-order valence-electron chi connectivity index (χ3n) is 3.06. The first-order valence-corrected chi connectivity index (χ1v) is 6.36. The number of hydroxylamine groups is 1. The van der Waals surface area contributed by atoms with Crippen molar-refractivity contribution in [2.24, 2.45) is 0 Å². The highest BCUT2D eigenvalue weighted by Gasteiger charge is 2.15. The van der Waals surface area contributed by atoms with Crippen LogP contribution in [0.15, 0.2) is 18.2 Å². The number of nitro benzene ring substituents is 1. The van der Waals surface area contributed by atoms with Crippen molar-refractivity contribution in [2.45, 2.75) is 38.3 Å². The van der Waals surface area contributed by atoms with Crippen LogP contribution >= 0.6 is 11.6 Å². The fraction of sp³-hybridized carbons (Fsp3) is 0.500. The van der Waals surface area contributed by atoms with E-state index < -0.39 is 4.92 Å². The molecular weight excluding hydrogens is 256 g/mol. The van der Waals surface area contributed by atoms with Gasteiger partial charge in [0.15, 0.2) is 0 Å². The minimum absolute atomic E-state index is 0.000427. The highest BCUT2D eigenvalue weighted by Crippen LogP contribution is 2.23. The van der Waals surface area contributed by atoms with Gasteiger partial charge in [-0.2, -0.15) is 5.48 Å². The SMILES string of the molecule is O=[N+]([O-])c1ccc(CNOC2CCCC2)c(Cl)c1. The molecule has 0 amide bonds. The summed E-state index contributed by atoms with van der Waals surface area (Å²) >= 11 is 5.97. The van der Waals surface area contributed by atoms with Gasteiger partial charge in [-0.1, -0.05) is 24.4 Å². The first kappa shape index (κ1) is 13.3. The number of nitrogens with zero attached hydrogens (tertiary/aromatic N) is 1. The molecule has 1 saturated carbocycles. The molecule has 0 spiro atoms. The van der Waals surface area contributed by atoms with Crippen LogP contribution in [0.25, 0.3) is 0 Å². The molecule has 1 aromatic rings. The Bertz CT molecular complexity index is 433. The van der Waals surface area contributed by atoms with Crippen LogP contribution in [0.3, 0.4) is 0 Å². The number of nitrogens with one attached hydrogen (secondary N) is 1. The molecule has 1 aromatic carbocycles. The van der Waals surface area contributed by atoms with Gasteiger partial charge in [0.1, 0.15) is 0 Å². The zero-order valence-corrected chi connectivity index (χ0v) is 10.7. The molecule has 6 heteroatoms. The highest BCUT2D eigenvalue weighted by atomic mass is 35.5. The average molecular weight is 271 g/mol. The minimum atomic E-state index is -0.460. The summed E-state index contributed by atoms with van der Waals surface area (Å²) in [7, 11) is 0. The predicted octanol–water partition coefficient (Wildman–Crippen LogP) is 3.21. The van der Waals surface area contributed by atoms with E-state index in [4.69, 9.17) is 16.4 Å². The Balaban J connectivity index is 1.87. The second-order valence-corrected chi connectivity index (χ2v) is 4.79. The smallest absolute Gasteiger partial charge is 0.270 e. The van der Waals surface area contributed by atoms with Gasteiger partial charge in [0.25, 0.3) is 5.69 Å². The molecule has 0 aliphatic heterocycles. The van der Waals surface area contributed by atoms with E-state index in [1.807, 2.05) is 0 Å². The van der Waals surface area contributed by atoms with Crippen molar-refractivity contribution in [3.63, 3.8) is 0 Å². The molecule has 1 aliphatic rings. The summed E-state index contributed by atoms with van der Waals surface area (Å²) in [5.41, 5.74) is 3.67. The van der Waals surface area contributed by atoms with Crippen LogP contribution in [0, 0.1) is 10.1 Å². The summed E-state index contributed by atoms with van der Waals surface area (Å²) in [4.78, 5) is 15.6. The topological polar surface area (TPSA) is 64.4 Å². The normalized spacial score (nSPS) is 16.1. The maximum absolute atomic E-state index is 10.6. The lowest BCUT2D eigenvalue weighted by Crippen LogP contribution is -2.21. The quantitative estimate of drug-likeness (QED) is 0.659. The van der Waals surface area contributed by atoms with E-state index >= 15 is 0 Å². The van der Waals surface area contributed by atoms with Gasteiger partial charge in [0.2, 0.25) is 0 Å². The molecule has 1 N–H and O–H groups in total. The van der Waals surface area contributed by atoms with Crippen molar-refractivity contribution in [3.05, 3.63) is 38.9 Å². The van der Waals surface area contributed by atoms with Gasteiger partial charge >= 0.3 is 0 Å². The highest BCUT2D eigenvalue weighted by molar-refractivity contribution is 6.31. The molecule has 0 atom stereocenters. The molecule has 0 saturated heterocycles. The molecule has 0 unspecified atom stereocenters. The number of rotatable bonds is 5. The lowest BCUT2D eigenvalue weighted by atomic mass is 10.2. The lowest BCUT2D eigenvalue weighted by molar-refractivity contribution is -0.384. The van der Waals surface area contributed by atoms with E-state index in [9.17, 15) is 10.1 Å². The fourth-order valence-electron chi connectivity index (χ4n) is 2.04. The number of benzene rings is 1. The Morgan fingerprint density at radius 2 is 2.17 bits per heavy atom. The van der Waals surface area contributed by atoms with Crippen LogP contribution in [-0.4, -0.2) is 11.0 Å². The molecule has 0 radical (unpaired) electrons. The van der Waals surface area contributed by atoms with E-state index in [-0.39, 0.29) is 11.8 Å². The molecule has 1 aliphatic carbocycles. The van der Waals surface area contributed by atoms with Gasteiger partial charge in [-0.15, -0.1) is 0 Å². The number of hydrogen-bond donors (Lipinski definition) is 1. The molecular formula is C12H15ClN2O3. The van der Waals surface area contributed by atoms with E-state index in [1.165, 1.54) is 25.0 Å². The number of non-ortho nitro benzene ring substituents is 1. The van der Waals surface area contributed by atoms with Gasteiger partial charge in [-0.3, -0.25) is 15.0 Å². The standard InChI is InChI=1S/C12H15ClN2O3/c13-12-7-10(15(16)17)6-5-9(12)8-14-18-11-3-1-2-4-11/h5-7,11,14H,1-4,8H2. The second-order valence-electron chi connectivity index (χ2n) is 4.38. The van der Waals surface area contributed by atoms with Crippen molar-refractivity contribution < 1.29 is 9.76 Å². The maximum atomic E-state index is 10.6. The van der Waals surface area contributed by atoms with E-state index in [2.05, 4.69) is 5.48 Å². The zero-order chi connectivity index (χ0) is 13.0. The third-order valence-corrected chi connectivity index (χ3v) is 3.41. The summed E-state index contributed by atoms with van der Waals surface area (Å²) in [5, 5.41) is 10.9. The molecule has 18 heavy (non-hydrogen) atoms. The number of nitro groups is 1. The largest absolute Gasteiger partial charge is 0.298 e. The monoisotopic (exact) mass is 270 g/mol. The molecule has 0 heterocycles. The van der Waals surface area contributed by atoms with Crippen molar-refractivity contribution in [3.8, 4) is 0 Å². The van der Waals surface area contributed by atoms with Gasteiger partial charge in [-0.05, 0) is 24.5 Å². The Hall–Kier alpha value is -1.17. The van der Waals surface area contributed by atoms with Crippen LogP contribution in [-0.2, 0) is 11.4 Å². The van der Waals surface area contributed by atoms with Crippen LogP contribution < -0.4 is 5.48 Å². The van der Waals surface area contributed by atoms with Gasteiger partial charge in [-0.25, -0.2) is 0 Å². The number of hydrogen-bond acceptors (Lipinski definition) is 4. The van der Waals surface area contributed by atoms with Crippen LogP contribution in [0.5, 0.6) is 0 Å². The molecule has 2 rings (SSSR count). The van der Waals surface area contributed by atoms with E-state index in [1.54, 1.807) is 6.07 Å². The zero-order valence-electron chi connectivity index (χ0n) is 9.89. The molecule has 5 nitrogen and oxygen atoms in total. The summed E-state index contributed by atoms with van der Waals surface area (Å²) in [6.07, 6.45) is 4.87. The number of halogens is 1. The summed E-state index contributed by atoms with van der Waals surface area (Å²) in [6, 6.07) is 4.44. The predicted molar refractivity (Wildman–Crippen MR) is 68.3 cm³/mol. The molecule has 0 bridgehead atoms. The van der Waals surface area contributed by atoms with Gasteiger partial charge < -0.3 is 0 Å².